The Labute approximate surface area is 110 Å². The van der Waals surface area contributed by atoms with E-state index in [-0.39, 0.29) is 0 Å². The van der Waals surface area contributed by atoms with Crippen molar-refractivity contribution >= 4 is 33.1 Å². The molecule has 0 aliphatic carbocycles. The number of rotatable bonds is 2. The summed E-state index contributed by atoms with van der Waals surface area (Å²) >= 11 is 3.46. The lowest BCUT2D eigenvalue weighted by Gasteiger charge is -1.97. The Kier molecular flexibility index (Phi) is 3.92. The summed E-state index contributed by atoms with van der Waals surface area (Å²) in [5.41, 5.74) is 3.06. The first kappa shape index (κ1) is 11.8. The van der Waals surface area contributed by atoms with Gasteiger partial charge in [0, 0.05) is 10.0 Å². The molecule has 0 spiro atoms. The standard InChI is InChI=1S/C15H12BrN/c1-12(13-7-3-2-4-8-13)11-17-15-10-6-5-9-14(15)16/h2-10H,1H3. The highest BCUT2D eigenvalue weighted by atomic mass is 79.9. The monoisotopic (exact) mass is 285 g/mol. The van der Waals surface area contributed by atoms with E-state index in [0.717, 1.165) is 21.3 Å². The third-order valence-corrected chi connectivity index (χ3v) is 3.07. The zero-order valence-corrected chi connectivity index (χ0v) is 11.1. The second kappa shape index (κ2) is 5.62. The lowest BCUT2D eigenvalue weighted by molar-refractivity contribution is 1.50. The van der Waals surface area contributed by atoms with Gasteiger partial charge in [-0.3, -0.25) is 0 Å². The van der Waals surface area contributed by atoms with Crippen LogP contribution in [0.3, 0.4) is 0 Å². The predicted molar refractivity (Wildman–Crippen MR) is 76.8 cm³/mol. The van der Waals surface area contributed by atoms with Crippen LogP contribution in [-0.4, -0.2) is 5.87 Å². The van der Waals surface area contributed by atoms with Crippen LogP contribution in [0.4, 0.5) is 5.69 Å². The van der Waals surface area contributed by atoms with E-state index in [0.29, 0.717) is 0 Å². The molecule has 0 N–H and O–H groups in total. The molecule has 0 aliphatic heterocycles. The van der Waals surface area contributed by atoms with Crippen molar-refractivity contribution in [2.24, 2.45) is 4.99 Å². The van der Waals surface area contributed by atoms with Gasteiger partial charge in [0.15, 0.2) is 0 Å². The second-order valence-corrected chi connectivity index (χ2v) is 4.52. The summed E-state index contributed by atoms with van der Waals surface area (Å²) in [5.74, 6) is 3.07. The molecule has 2 aromatic rings. The van der Waals surface area contributed by atoms with Gasteiger partial charge in [0.25, 0.3) is 0 Å². The molecule has 0 amide bonds. The van der Waals surface area contributed by atoms with Crippen LogP contribution in [0.2, 0.25) is 0 Å². The maximum atomic E-state index is 4.35. The summed E-state index contributed by atoms with van der Waals surface area (Å²) in [6.45, 7) is 2.01. The Morgan fingerprint density at radius 1 is 1.00 bits per heavy atom. The minimum atomic E-state index is 0.891. The van der Waals surface area contributed by atoms with Crippen molar-refractivity contribution in [2.45, 2.75) is 6.92 Å². The first-order valence-electron chi connectivity index (χ1n) is 5.37. The molecular formula is C15H12BrN. The Bertz CT molecular complexity index is 566. The van der Waals surface area contributed by atoms with Gasteiger partial charge in [-0.1, -0.05) is 42.5 Å². The molecule has 84 valence electrons. The molecule has 17 heavy (non-hydrogen) atoms. The number of halogens is 1. The summed E-state index contributed by atoms with van der Waals surface area (Å²) in [7, 11) is 0. The first-order valence-corrected chi connectivity index (χ1v) is 6.17. The smallest absolute Gasteiger partial charge is 0.0871 e. The summed E-state index contributed by atoms with van der Waals surface area (Å²) in [6.07, 6.45) is 0. The van der Waals surface area contributed by atoms with Crippen LogP contribution >= 0.6 is 15.9 Å². The Morgan fingerprint density at radius 3 is 2.35 bits per heavy atom. The van der Waals surface area contributed by atoms with Crippen molar-refractivity contribution in [3.8, 4) is 0 Å². The fourth-order valence-electron chi connectivity index (χ4n) is 1.44. The number of para-hydroxylation sites is 1. The van der Waals surface area contributed by atoms with E-state index >= 15 is 0 Å². The van der Waals surface area contributed by atoms with Crippen molar-refractivity contribution in [1.29, 1.82) is 0 Å². The van der Waals surface area contributed by atoms with Gasteiger partial charge in [-0.15, -0.1) is 0 Å². The number of hydrogen-bond donors (Lipinski definition) is 0. The zero-order chi connectivity index (χ0) is 12.1. The average Bonchev–Trinajstić information content (AvgIpc) is 2.38. The van der Waals surface area contributed by atoms with Gasteiger partial charge < -0.3 is 0 Å². The fraction of sp³-hybridized carbons (Fsp3) is 0.0667. The van der Waals surface area contributed by atoms with Gasteiger partial charge >= 0.3 is 0 Å². The number of aliphatic imine (C=N–C) groups is 1. The van der Waals surface area contributed by atoms with E-state index in [4.69, 9.17) is 0 Å². The van der Waals surface area contributed by atoms with Crippen LogP contribution < -0.4 is 0 Å². The SMILES string of the molecule is CC(=C=Nc1ccccc1Br)c1ccccc1. The highest BCUT2D eigenvalue weighted by molar-refractivity contribution is 9.10. The van der Waals surface area contributed by atoms with Gasteiger partial charge in [-0.25, -0.2) is 4.99 Å². The molecule has 0 saturated heterocycles. The maximum Gasteiger partial charge on any atom is 0.0871 e. The summed E-state index contributed by atoms with van der Waals surface area (Å²) in [5, 5.41) is 0. The lowest BCUT2D eigenvalue weighted by Crippen LogP contribution is -1.78. The van der Waals surface area contributed by atoms with Gasteiger partial charge in [0.05, 0.1) is 5.69 Å². The van der Waals surface area contributed by atoms with Gasteiger partial charge in [0.1, 0.15) is 0 Å². The lowest BCUT2D eigenvalue weighted by atomic mass is 10.1. The largest absolute Gasteiger partial charge is 0.205 e. The van der Waals surface area contributed by atoms with Gasteiger partial charge in [-0.05, 0) is 46.4 Å². The number of benzene rings is 2. The van der Waals surface area contributed by atoms with Crippen molar-refractivity contribution in [2.75, 3.05) is 0 Å². The van der Waals surface area contributed by atoms with E-state index in [1.54, 1.807) is 0 Å². The number of nitrogens with zero attached hydrogens (tertiary/aromatic N) is 1. The number of hydrogen-bond acceptors (Lipinski definition) is 1. The Balaban J connectivity index is 2.34. The molecule has 0 heterocycles. The van der Waals surface area contributed by atoms with Crippen LogP contribution in [0.15, 0.2) is 64.1 Å². The molecule has 2 heteroatoms. The molecule has 2 aromatic carbocycles. The van der Waals surface area contributed by atoms with Crippen LogP contribution in [0.5, 0.6) is 0 Å². The first-order chi connectivity index (χ1) is 8.27. The Hall–Kier alpha value is -1.63. The highest BCUT2D eigenvalue weighted by Crippen LogP contribution is 2.23. The third-order valence-electron chi connectivity index (χ3n) is 2.40. The van der Waals surface area contributed by atoms with Crippen LogP contribution in [-0.2, 0) is 0 Å². The van der Waals surface area contributed by atoms with Crippen LogP contribution in [0.1, 0.15) is 12.5 Å². The minimum Gasteiger partial charge on any atom is -0.205 e. The highest BCUT2D eigenvalue weighted by Gasteiger charge is 1.95. The maximum absolute atomic E-state index is 4.35. The van der Waals surface area contributed by atoms with Gasteiger partial charge in [-0.2, -0.15) is 0 Å². The summed E-state index contributed by atoms with van der Waals surface area (Å²) in [4.78, 5) is 4.35. The molecule has 0 aromatic heterocycles. The summed E-state index contributed by atoms with van der Waals surface area (Å²) in [6, 6.07) is 18.0. The van der Waals surface area contributed by atoms with Crippen LogP contribution in [0.25, 0.3) is 5.57 Å². The van der Waals surface area contributed by atoms with E-state index in [1.165, 1.54) is 0 Å². The quantitative estimate of drug-likeness (QED) is 0.699. The van der Waals surface area contributed by atoms with E-state index < -0.39 is 0 Å². The van der Waals surface area contributed by atoms with E-state index in [1.807, 2.05) is 49.4 Å². The van der Waals surface area contributed by atoms with Gasteiger partial charge in [0.2, 0.25) is 0 Å². The molecule has 1 nitrogen and oxygen atoms in total. The molecule has 0 unspecified atom stereocenters. The predicted octanol–water partition coefficient (Wildman–Crippen LogP) is 4.85. The number of allylic oxidation sites excluding steroid dienone is 1. The minimum absolute atomic E-state index is 0.891. The molecule has 0 aliphatic rings. The van der Waals surface area contributed by atoms with Crippen molar-refractivity contribution in [1.82, 2.24) is 0 Å². The third kappa shape index (κ3) is 3.16. The molecule has 0 saturated carbocycles. The molecule has 0 fully saturated rings. The fourth-order valence-corrected chi connectivity index (χ4v) is 1.81. The average molecular weight is 286 g/mol. The van der Waals surface area contributed by atoms with Crippen LogP contribution in [0, 0.1) is 0 Å². The molecular weight excluding hydrogens is 274 g/mol. The van der Waals surface area contributed by atoms with E-state index in [2.05, 4.69) is 38.9 Å². The molecule has 2 rings (SSSR count). The molecule has 0 radical (unpaired) electrons. The Morgan fingerprint density at radius 2 is 1.65 bits per heavy atom. The van der Waals surface area contributed by atoms with E-state index in [9.17, 15) is 0 Å². The topological polar surface area (TPSA) is 12.4 Å². The molecule has 0 bridgehead atoms. The molecule has 0 atom stereocenters. The van der Waals surface area contributed by atoms with Crippen molar-refractivity contribution in [3.05, 3.63) is 64.6 Å². The summed E-state index contributed by atoms with van der Waals surface area (Å²) < 4.78 is 0.980. The normalized spacial score (nSPS) is 9.53. The second-order valence-electron chi connectivity index (χ2n) is 3.67. The van der Waals surface area contributed by atoms with Crippen molar-refractivity contribution in [3.63, 3.8) is 0 Å². The van der Waals surface area contributed by atoms with Crippen molar-refractivity contribution < 1.29 is 0 Å². The zero-order valence-electron chi connectivity index (χ0n) is 9.52.